The zero-order chi connectivity index (χ0) is 52.9. The molecule has 8 rings (SSSR count). The monoisotopic (exact) mass is 1110 g/mol. The fourth-order valence-electron chi connectivity index (χ4n) is 8.25. The number of hydrogen-bond donors (Lipinski definition) is 1. The number of thioether (sulfide) groups is 1. The zero-order valence-corrected chi connectivity index (χ0v) is 43.0. The Morgan fingerprint density at radius 2 is 1.20 bits per heavy atom. The van der Waals surface area contributed by atoms with Gasteiger partial charge in [0, 0.05) is 16.9 Å². The number of carbonyl (C=O) groups is 6. The Bertz CT molecular complexity index is 2710. The van der Waals surface area contributed by atoms with Gasteiger partial charge in [-0.15, -0.1) is 0 Å². The Kier molecular flexibility index (Phi) is 19.2. The first kappa shape index (κ1) is 55.2. The van der Waals surface area contributed by atoms with E-state index >= 15 is 0 Å². The van der Waals surface area contributed by atoms with Gasteiger partial charge in [0.05, 0.1) is 35.8 Å². The fraction of sp³-hybridized carbons (Fsp3) is 0.333. The van der Waals surface area contributed by atoms with Crippen molar-refractivity contribution in [2.24, 2.45) is 0 Å². The molecule has 3 fully saturated rings. The summed E-state index contributed by atoms with van der Waals surface area (Å²) in [6, 6.07) is 40.6. The summed E-state index contributed by atoms with van der Waals surface area (Å²) in [5, 5.41) is 2.82. The first-order valence-corrected chi connectivity index (χ1v) is 25.6. The number of ketones is 1. The van der Waals surface area contributed by atoms with Crippen LogP contribution in [-0.2, 0) is 57.0 Å². The van der Waals surface area contributed by atoms with E-state index in [0.29, 0.717) is 10.5 Å². The zero-order valence-electron chi connectivity index (χ0n) is 39.9. The number of ether oxygens (including phenoxy) is 10. The summed E-state index contributed by atoms with van der Waals surface area (Å²) < 4.78 is 61.1. The number of halogens is 3. The van der Waals surface area contributed by atoms with Crippen molar-refractivity contribution in [1.29, 1.82) is 0 Å². The van der Waals surface area contributed by atoms with Gasteiger partial charge in [-0.1, -0.05) is 150 Å². The lowest BCUT2D eigenvalue weighted by Crippen LogP contribution is -2.67. The molecule has 0 spiro atoms. The molecule has 3 aliphatic rings. The van der Waals surface area contributed by atoms with Crippen molar-refractivity contribution >= 4 is 82.3 Å². The van der Waals surface area contributed by atoms with Gasteiger partial charge >= 0.3 is 30.0 Å². The lowest BCUT2D eigenvalue weighted by Gasteiger charge is -2.49. The highest BCUT2D eigenvalue weighted by molar-refractivity contribution is 7.99. The summed E-state index contributed by atoms with van der Waals surface area (Å²) in [6.45, 7) is -0.114. The van der Waals surface area contributed by atoms with Gasteiger partial charge in [0.1, 0.15) is 48.8 Å². The number of nitrogens with one attached hydrogen (secondary N) is 1. The van der Waals surface area contributed by atoms with Crippen molar-refractivity contribution in [3.63, 3.8) is 0 Å². The number of Topliss-reactive ketones (excluding diaryl/α,β-unsaturated/α-hetero) is 1. The summed E-state index contributed by atoms with van der Waals surface area (Å²) in [4.78, 5) is 82.4. The van der Waals surface area contributed by atoms with E-state index < -0.39 is 114 Å². The second-order valence-electron chi connectivity index (χ2n) is 17.2. The van der Waals surface area contributed by atoms with Gasteiger partial charge in [0.15, 0.2) is 30.9 Å². The maximum Gasteiger partial charge on any atom is 0.407 e. The molecule has 5 aromatic carbocycles. The number of rotatable bonds is 19. The Balaban J connectivity index is 1.24. The van der Waals surface area contributed by atoms with Crippen LogP contribution in [0, 0.1) is 0 Å². The van der Waals surface area contributed by atoms with Crippen LogP contribution in [0.3, 0.4) is 0 Å². The molecule has 5 aromatic rings. The average molecular weight is 1110 g/mol. The minimum Gasteiger partial charge on any atom is -0.458 e. The SMILES string of the molecule is CC(=O)CCC(=O)O[C@H](COC(=O)c1ccccc1)[C@@H]1O[C@@H](OC2C(NC(=O)OCC(Cl)(Cl)Cl)C(Sc3ccccc3)OC3COC(c4ccccc4)OC32)C(OC(=O)c2ccccc2)C1OC(=O)c1ccccc1. The van der Waals surface area contributed by atoms with Crippen molar-refractivity contribution in [1.82, 2.24) is 5.32 Å². The second-order valence-corrected chi connectivity index (χ2v) is 20.9. The molecule has 21 heteroatoms. The molecular formula is C54H50Cl3NO16S. The van der Waals surface area contributed by atoms with Crippen LogP contribution in [0.2, 0.25) is 0 Å². The van der Waals surface area contributed by atoms with Crippen LogP contribution in [0.15, 0.2) is 157 Å². The first-order chi connectivity index (χ1) is 36.2. The minimum absolute atomic E-state index is 0.0523. The Hall–Kier alpha value is -6.06. The molecule has 75 heavy (non-hydrogen) atoms. The Morgan fingerprint density at radius 1 is 0.653 bits per heavy atom. The van der Waals surface area contributed by atoms with Gasteiger partial charge in [0.25, 0.3) is 0 Å². The maximum absolute atomic E-state index is 14.3. The molecule has 3 aliphatic heterocycles. The highest BCUT2D eigenvalue weighted by Crippen LogP contribution is 2.43. The van der Waals surface area contributed by atoms with Gasteiger partial charge in [-0.05, 0) is 55.5 Å². The third-order valence-electron chi connectivity index (χ3n) is 11.8. The topological polar surface area (TPSA) is 207 Å². The number of alkyl halides is 3. The van der Waals surface area contributed by atoms with Crippen LogP contribution in [0.5, 0.6) is 0 Å². The van der Waals surface area contributed by atoms with Gasteiger partial charge in [-0.3, -0.25) is 4.79 Å². The van der Waals surface area contributed by atoms with Crippen LogP contribution < -0.4 is 5.32 Å². The van der Waals surface area contributed by atoms with E-state index in [2.05, 4.69) is 5.32 Å². The molecule has 3 saturated heterocycles. The lowest BCUT2D eigenvalue weighted by atomic mass is 9.96. The van der Waals surface area contributed by atoms with Gasteiger partial charge in [-0.25, -0.2) is 19.2 Å². The summed E-state index contributed by atoms with van der Waals surface area (Å²) in [5.41, 5.74) is -0.0885. The quantitative estimate of drug-likeness (QED) is 0.0466. The van der Waals surface area contributed by atoms with Crippen molar-refractivity contribution < 1.29 is 76.1 Å². The number of carbonyl (C=O) groups excluding carboxylic acids is 6. The van der Waals surface area contributed by atoms with Crippen LogP contribution >= 0.6 is 46.6 Å². The van der Waals surface area contributed by atoms with Crippen LogP contribution in [-0.4, -0.2) is 120 Å². The summed E-state index contributed by atoms with van der Waals surface area (Å²) in [5.74, 6) is -3.86. The molecule has 1 amide bonds. The summed E-state index contributed by atoms with van der Waals surface area (Å²) in [6.07, 6.45) is -14.6. The number of fused-ring (bicyclic) bond motifs is 1. The maximum atomic E-state index is 14.3. The molecule has 3 heterocycles. The van der Waals surface area contributed by atoms with Crippen molar-refractivity contribution in [3.8, 4) is 0 Å². The number of amides is 1. The first-order valence-electron chi connectivity index (χ1n) is 23.6. The number of esters is 4. The van der Waals surface area contributed by atoms with Gasteiger partial charge in [0.2, 0.25) is 3.79 Å². The molecule has 8 unspecified atom stereocenters. The largest absolute Gasteiger partial charge is 0.458 e. The van der Waals surface area contributed by atoms with Crippen LogP contribution in [0.1, 0.15) is 62.7 Å². The van der Waals surface area contributed by atoms with Crippen LogP contribution in [0.4, 0.5) is 4.79 Å². The molecule has 0 aromatic heterocycles. The van der Waals surface area contributed by atoms with Gasteiger partial charge < -0.3 is 57.5 Å². The van der Waals surface area contributed by atoms with E-state index in [4.69, 9.17) is 82.2 Å². The lowest BCUT2D eigenvalue weighted by molar-refractivity contribution is -0.330. The normalized spacial score (nSPS) is 24.6. The molecule has 0 saturated carbocycles. The minimum atomic E-state index is -2.00. The van der Waals surface area contributed by atoms with E-state index in [1.807, 2.05) is 36.4 Å². The molecule has 1 N–H and O–H groups in total. The number of alkyl carbamates (subject to hydrolysis) is 1. The summed E-state index contributed by atoms with van der Waals surface area (Å²) >= 11 is 19.2. The third kappa shape index (κ3) is 15.3. The van der Waals surface area contributed by atoms with E-state index in [-0.39, 0.29) is 41.9 Å². The van der Waals surface area contributed by atoms with E-state index in [0.717, 1.165) is 0 Å². The van der Waals surface area contributed by atoms with E-state index in [9.17, 15) is 28.8 Å². The van der Waals surface area contributed by atoms with Crippen molar-refractivity contribution in [3.05, 3.63) is 174 Å². The third-order valence-corrected chi connectivity index (χ3v) is 13.3. The van der Waals surface area contributed by atoms with E-state index in [1.54, 1.807) is 78.9 Å². The van der Waals surface area contributed by atoms with Gasteiger partial charge in [-0.2, -0.15) is 0 Å². The molecule has 11 atom stereocenters. The van der Waals surface area contributed by atoms with Crippen molar-refractivity contribution in [2.75, 3.05) is 19.8 Å². The smallest absolute Gasteiger partial charge is 0.407 e. The predicted octanol–water partition coefficient (Wildman–Crippen LogP) is 8.78. The van der Waals surface area contributed by atoms with Crippen LogP contribution in [0.25, 0.3) is 0 Å². The highest BCUT2D eigenvalue weighted by Gasteiger charge is 2.59. The Morgan fingerprint density at radius 3 is 1.77 bits per heavy atom. The molecule has 0 radical (unpaired) electrons. The number of benzene rings is 5. The molecule has 0 bridgehead atoms. The summed E-state index contributed by atoms with van der Waals surface area (Å²) in [7, 11) is 0. The highest BCUT2D eigenvalue weighted by atomic mass is 35.6. The average Bonchev–Trinajstić information content (AvgIpc) is 3.75. The van der Waals surface area contributed by atoms with Crippen molar-refractivity contribution in [2.45, 2.75) is 95.2 Å². The second kappa shape index (κ2) is 26.1. The van der Waals surface area contributed by atoms with E-state index in [1.165, 1.54) is 55.1 Å². The molecule has 394 valence electrons. The molecular weight excluding hydrogens is 1060 g/mol. The number of hydrogen-bond acceptors (Lipinski definition) is 17. The fourth-order valence-corrected chi connectivity index (χ4v) is 9.56. The molecule has 0 aliphatic carbocycles. The predicted molar refractivity (Wildman–Crippen MR) is 271 cm³/mol. The Labute approximate surface area is 450 Å². The standard InChI is InChI=1S/C54H50Cl3NO16S/c1-32(59)27-28-40(60)68-38(29-65-47(61)33-17-7-2-8-18-33)43-45(70-48(62)34-19-9-3-10-20-34)46(71-49(63)35-21-11-4-12-22-35)51(73-43)74-44-41(58-53(64)67-31-54(55,56)57)52(75-37-25-15-6-16-26-37)69-39-30-66-50(72-42(39)44)36-23-13-5-14-24-36/h2-26,38-39,41-46,50-52H,27-31H2,1H3,(H,58,64)/t38-,39?,41?,42?,43+,44?,45?,46?,50?,51+,52?/m1/s1. The molecule has 17 nitrogen and oxygen atoms in total.